The number of aliphatic imine (C=N–C) groups is 1. The maximum atomic E-state index is 6.28. The van der Waals surface area contributed by atoms with Gasteiger partial charge < -0.3 is 4.90 Å². The highest BCUT2D eigenvalue weighted by Gasteiger charge is 2.45. The molecule has 1 fully saturated rings. The summed E-state index contributed by atoms with van der Waals surface area (Å²) in [6, 6.07) is 6.14. The van der Waals surface area contributed by atoms with Crippen LogP contribution in [-0.4, -0.2) is 23.2 Å². The van der Waals surface area contributed by atoms with E-state index in [1.165, 1.54) is 36.9 Å². The molecule has 1 aromatic rings. The Balaban J connectivity index is 0.00000144. The number of thioether (sulfide) groups is 1. The number of benzene rings is 1. The van der Waals surface area contributed by atoms with Crippen molar-refractivity contribution in [3.63, 3.8) is 0 Å². The molecule has 2 aliphatic heterocycles. The lowest BCUT2D eigenvalue weighted by molar-refractivity contribution is 0.405. The summed E-state index contributed by atoms with van der Waals surface area (Å²) in [7, 11) is 0. The number of fused-ring (bicyclic) bond motifs is 1. The summed E-state index contributed by atoms with van der Waals surface area (Å²) < 4.78 is 0. The van der Waals surface area contributed by atoms with Gasteiger partial charge in [-0.3, -0.25) is 4.99 Å². The van der Waals surface area contributed by atoms with E-state index in [9.17, 15) is 0 Å². The van der Waals surface area contributed by atoms with Crippen molar-refractivity contribution in [3.8, 4) is 0 Å². The maximum absolute atomic E-state index is 6.28. The van der Waals surface area contributed by atoms with Gasteiger partial charge >= 0.3 is 0 Å². The second kappa shape index (κ2) is 6.39. The number of rotatable bonds is 2. The average molecular weight is 420 g/mol. The molecule has 0 aromatic heterocycles. The number of hydrogen-bond acceptors (Lipinski definition) is 3. The van der Waals surface area contributed by atoms with Gasteiger partial charge in [-0.25, -0.2) is 0 Å². The molecule has 1 aliphatic carbocycles. The Hall–Kier alpha value is -0.160. The third-order valence-corrected chi connectivity index (χ3v) is 6.43. The molecular weight excluding hydrogens is 403 g/mol. The van der Waals surface area contributed by atoms with Crippen molar-refractivity contribution in [2.24, 2.45) is 4.99 Å². The van der Waals surface area contributed by atoms with Crippen LogP contribution in [0.3, 0.4) is 0 Å². The molecule has 2 nitrogen and oxygen atoms in total. The molecule has 118 valence electrons. The summed E-state index contributed by atoms with van der Waals surface area (Å²) in [5.41, 5.74) is 2.80. The SMILES string of the molecule is Br.Clc1ccc(C2(C3=CSC4=NCCN34)CCCC2)cc1Cl. The minimum atomic E-state index is 0. The minimum Gasteiger partial charge on any atom is -0.321 e. The van der Waals surface area contributed by atoms with Gasteiger partial charge in [0.25, 0.3) is 0 Å². The molecule has 0 amide bonds. The zero-order valence-corrected chi connectivity index (χ0v) is 16.1. The molecule has 4 rings (SSSR count). The van der Waals surface area contributed by atoms with Gasteiger partial charge in [0.15, 0.2) is 5.17 Å². The predicted molar refractivity (Wildman–Crippen MR) is 102 cm³/mol. The molecule has 0 N–H and O–H groups in total. The van der Waals surface area contributed by atoms with Gasteiger partial charge in [-0.2, -0.15) is 0 Å². The maximum Gasteiger partial charge on any atom is 0.167 e. The fourth-order valence-corrected chi connectivity index (χ4v) is 5.11. The summed E-state index contributed by atoms with van der Waals surface area (Å²) in [4.78, 5) is 6.98. The van der Waals surface area contributed by atoms with Gasteiger partial charge in [0.1, 0.15) is 0 Å². The Morgan fingerprint density at radius 2 is 1.91 bits per heavy atom. The Kier molecular flexibility index (Phi) is 4.84. The average Bonchev–Trinajstić information content (AvgIpc) is 3.16. The van der Waals surface area contributed by atoms with Crippen molar-refractivity contribution in [2.75, 3.05) is 13.1 Å². The quantitative estimate of drug-likeness (QED) is 0.615. The summed E-state index contributed by atoms with van der Waals surface area (Å²) in [6.45, 7) is 1.92. The molecule has 0 spiro atoms. The second-order valence-corrected chi connectivity index (χ2v) is 7.51. The van der Waals surface area contributed by atoms with Crippen LogP contribution in [0.25, 0.3) is 0 Å². The first kappa shape index (κ1) is 16.7. The Morgan fingerprint density at radius 3 is 2.64 bits per heavy atom. The Labute approximate surface area is 155 Å². The molecule has 6 heteroatoms. The molecule has 2 heterocycles. The van der Waals surface area contributed by atoms with E-state index in [4.69, 9.17) is 23.2 Å². The third-order valence-electron chi connectivity index (χ3n) is 4.79. The van der Waals surface area contributed by atoms with E-state index in [0.717, 1.165) is 18.3 Å². The van der Waals surface area contributed by atoms with E-state index in [1.807, 2.05) is 6.07 Å². The standard InChI is InChI=1S/C16H16Cl2N2S.BrH/c17-12-4-3-11(9-13(12)18)16(5-1-2-6-16)14-10-21-15-19-7-8-20(14)15;/h3-4,9-10H,1-2,5-8H2;1H. The lowest BCUT2D eigenvalue weighted by Gasteiger charge is -2.35. The first-order chi connectivity index (χ1) is 10.2. The lowest BCUT2D eigenvalue weighted by Crippen LogP contribution is -2.35. The summed E-state index contributed by atoms with van der Waals surface area (Å²) in [5.74, 6) is 0. The highest BCUT2D eigenvalue weighted by Crippen LogP contribution is 2.52. The van der Waals surface area contributed by atoms with Gasteiger partial charge in [-0.1, -0.05) is 53.9 Å². The highest BCUT2D eigenvalue weighted by atomic mass is 79.9. The van der Waals surface area contributed by atoms with E-state index in [-0.39, 0.29) is 22.4 Å². The van der Waals surface area contributed by atoms with Gasteiger partial charge in [-0.05, 0) is 35.9 Å². The monoisotopic (exact) mass is 418 g/mol. The van der Waals surface area contributed by atoms with Gasteiger partial charge in [0.05, 0.1) is 16.6 Å². The smallest absolute Gasteiger partial charge is 0.167 e. The van der Waals surface area contributed by atoms with Crippen molar-refractivity contribution in [2.45, 2.75) is 31.1 Å². The molecule has 1 saturated carbocycles. The summed E-state index contributed by atoms with van der Waals surface area (Å²) >= 11 is 14.1. The van der Waals surface area contributed by atoms with E-state index in [1.54, 1.807) is 11.8 Å². The van der Waals surface area contributed by atoms with Crippen molar-refractivity contribution >= 4 is 57.1 Å². The zero-order chi connectivity index (χ0) is 14.4. The predicted octanol–water partition coefficient (Wildman–Crippen LogP) is 5.64. The molecule has 22 heavy (non-hydrogen) atoms. The van der Waals surface area contributed by atoms with Crippen LogP contribution in [-0.2, 0) is 5.41 Å². The van der Waals surface area contributed by atoms with Gasteiger partial charge in [0.2, 0.25) is 0 Å². The molecule has 1 aromatic carbocycles. The van der Waals surface area contributed by atoms with Crippen molar-refractivity contribution in [3.05, 3.63) is 44.9 Å². The third kappa shape index (κ3) is 2.52. The number of halogens is 3. The minimum absolute atomic E-state index is 0. The van der Waals surface area contributed by atoms with Crippen LogP contribution in [0.4, 0.5) is 0 Å². The van der Waals surface area contributed by atoms with E-state index in [2.05, 4.69) is 27.4 Å². The first-order valence-electron chi connectivity index (χ1n) is 7.35. The fraction of sp³-hybridized carbons (Fsp3) is 0.438. The van der Waals surface area contributed by atoms with Crippen LogP contribution in [0, 0.1) is 0 Å². The topological polar surface area (TPSA) is 15.6 Å². The zero-order valence-electron chi connectivity index (χ0n) is 12.0. The lowest BCUT2D eigenvalue weighted by atomic mass is 9.76. The van der Waals surface area contributed by atoms with Crippen LogP contribution < -0.4 is 0 Å². The normalized spacial score (nSPS) is 22.2. The summed E-state index contributed by atoms with van der Waals surface area (Å²) in [5, 5.41) is 4.75. The molecule has 0 saturated heterocycles. The van der Waals surface area contributed by atoms with Gasteiger partial charge in [-0.15, -0.1) is 17.0 Å². The van der Waals surface area contributed by atoms with Gasteiger partial charge in [0, 0.05) is 17.7 Å². The molecule has 3 aliphatic rings. The van der Waals surface area contributed by atoms with E-state index < -0.39 is 0 Å². The Morgan fingerprint density at radius 1 is 1.14 bits per heavy atom. The van der Waals surface area contributed by atoms with E-state index >= 15 is 0 Å². The number of amidine groups is 1. The number of nitrogens with zero attached hydrogens (tertiary/aromatic N) is 2. The number of allylic oxidation sites excluding steroid dienone is 1. The van der Waals surface area contributed by atoms with Crippen LogP contribution in [0.2, 0.25) is 10.0 Å². The molecule has 0 bridgehead atoms. The van der Waals surface area contributed by atoms with E-state index in [0.29, 0.717) is 10.0 Å². The van der Waals surface area contributed by atoms with Crippen LogP contribution in [0.5, 0.6) is 0 Å². The first-order valence-corrected chi connectivity index (χ1v) is 8.99. The molecular formula is C16H17BrCl2N2S. The Bertz CT molecular complexity index is 654. The number of hydrogen-bond donors (Lipinski definition) is 0. The largest absolute Gasteiger partial charge is 0.321 e. The molecule has 0 atom stereocenters. The highest BCUT2D eigenvalue weighted by molar-refractivity contribution is 8.93. The molecule has 0 radical (unpaired) electrons. The van der Waals surface area contributed by atoms with Crippen LogP contribution in [0.15, 0.2) is 34.3 Å². The fourth-order valence-electron chi connectivity index (χ4n) is 3.76. The second-order valence-electron chi connectivity index (χ2n) is 5.85. The van der Waals surface area contributed by atoms with Crippen molar-refractivity contribution in [1.82, 2.24) is 4.90 Å². The molecule has 0 unspecified atom stereocenters. The summed E-state index contributed by atoms with van der Waals surface area (Å²) in [6.07, 6.45) is 4.90. The van der Waals surface area contributed by atoms with Crippen molar-refractivity contribution in [1.29, 1.82) is 0 Å². The van der Waals surface area contributed by atoms with Crippen LogP contribution in [0.1, 0.15) is 31.2 Å². The van der Waals surface area contributed by atoms with Crippen LogP contribution >= 0.6 is 51.9 Å². The van der Waals surface area contributed by atoms with Crippen molar-refractivity contribution < 1.29 is 0 Å².